The third kappa shape index (κ3) is 5.93. The smallest absolute Gasteiger partial charge is 0.424 e. The number of rotatable bonds is 3. The molecule has 0 radical (unpaired) electrons. The molecule has 0 spiro atoms. The largest absolute Gasteiger partial charge is 0.452 e. The van der Waals surface area contributed by atoms with Crippen molar-refractivity contribution in [3.05, 3.63) is 57.3 Å². The van der Waals surface area contributed by atoms with Gasteiger partial charge in [0.15, 0.2) is 11.6 Å². The fourth-order valence-electron chi connectivity index (χ4n) is 3.20. The zero-order valence-corrected chi connectivity index (χ0v) is 21.7. The number of hydrogen-bond acceptors (Lipinski definition) is 7. The van der Waals surface area contributed by atoms with Crippen LogP contribution >= 0.6 is 11.6 Å². The lowest BCUT2D eigenvalue weighted by atomic mass is 10.1. The maximum Gasteiger partial charge on any atom is 0.424 e. The standard InChI is InChI=1S/C25H27ClFN3O6/c1-13-17(11-9-15-18(13)21(31)29-12-28-15)34-20-14(27)8-10-16(19(20)26)30(22(32)35-24(2,3)4)23(33)36-25(5,6)7/h8-12H,1-7H3,(H,28,29,31). The lowest BCUT2D eigenvalue weighted by molar-refractivity contribution is 0.0430. The highest BCUT2D eigenvalue weighted by Crippen LogP contribution is 2.41. The Balaban J connectivity index is 2.12. The fourth-order valence-corrected chi connectivity index (χ4v) is 3.48. The SMILES string of the molecule is Cc1c(Oc2c(F)ccc(N(C(=O)OC(C)(C)C)C(=O)OC(C)(C)C)c2Cl)ccc2nc[nH]c(=O)c12. The van der Waals surface area contributed by atoms with E-state index in [1.54, 1.807) is 48.5 Å². The van der Waals surface area contributed by atoms with Crippen molar-refractivity contribution in [2.75, 3.05) is 4.90 Å². The normalized spacial score (nSPS) is 11.8. The molecule has 11 heteroatoms. The molecule has 0 aliphatic heterocycles. The van der Waals surface area contributed by atoms with E-state index >= 15 is 0 Å². The molecule has 36 heavy (non-hydrogen) atoms. The van der Waals surface area contributed by atoms with Gasteiger partial charge in [-0.2, -0.15) is 4.90 Å². The van der Waals surface area contributed by atoms with Crippen LogP contribution in [0.15, 0.2) is 35.4 Å². The molecule has 1 heterocycles. The van der Waals surface area contributed by atoms with Gasteiger partial charge in [0.05, 0.1) is 22.9 Å². The van der Waals surface area contributed by atoms with Gasteiger partial charge in [-0.1, -0.05) is 11.6 Å². The highest BCUT2D eigenvalue weighted by molar-refractivity contribution is 6.36. The van der Waals surface area contributed by atoms with Gasteiger partial charge in [-0.15, -0.1) is 0 Å². The van der Waals surface area contributed by atoms with Crippen molar-refractivity contribution in [2.24, 2.45) is 0 Å². The van der Waals surface area contributed by atoms with E-state index in [-0.39, 0.29) is 21.8 Å². The van der Waals surface area contributed by atoms with Gasteiger partial charge in [0.1, 0.15) is 22.0 Å². The number of amides is 2. The summed E-state index contributed by atoms with van der Waals surface area (Å²) in [7, 11) is 0. The van der Waals surface area contributed by atoms with Crippen LogP contribution in [0.25, 0.3) is 10.9 Å². The molecular weight excluding hydrogens is 493 g/mol. The van der Waals surface area contributed by atoms with Crippen molar-refractivity contribution >= 4 is 40.4 Å². The second kappa shape index (κ2) is 9.77. The predicted octanol–water partition coefficient (Wildman–Crippen LogP) is 6.49. The third-order valence-corrected chi connectivity index (χ3v) is 5.02. The summed E-state index contributed by atoms with van der Waals surface area (Å²) in [6.45, 7) is 11.3. The topological polar surface area (TPSA) is 111 Å². The highest BCUT2D eigenvalue weighted by Gasteiger charge is 2.35. The average Bonchev–Trinajstić information content (AvgIpc) is 2.72. The number of carbonyl (C=O) groups excluding carboxylic acids is 2. The van der Waals surface area contributed by atoms with Crippen molar-refractivity contribution < 1.29 is 28.2 Å². The van der Waals surface area contributed by atoms with E-state index in [9.17, 15) is 18.8 Å². The number of anilines is 1. The number of aromatic amines is 1. The lowest BCUT2D eigenvalue weighted by Gasteiger charge is -2.29. The van der Waals surface area contributed by atoms with Gasteiger partial charge in [0.25, 0.3) is 5.56 Å². The highest BCUT2D eigenvalue weighted by atomic mass is 35.5. The van der Waals surface area contributed by atoms with Gasteiger partial charge < -0.3 is 19.2 Å². The van der Waals surface area contributed by atoms with E-state index in [0.717, 1.165) is 12.1 Å². The molecule has 0 fully saturated rings. The fraction of sp³-hybridized carbons (Fsp3) is 0.360. The Labute approximate surface area is 212 Å². The molecule has 0 aliphatic carbocycles. The summed E-state index contributed by atoms with van der Waals surface area (Å²) < 4.78 is 31.4. The molecule has 9 nitrogen and oxygen atoms in total. The summed E-state index contributed by atoms with van der Waals surface area (Å²) in [4.78, 5) is 45.5. The molecule has 0 atom stereocenters. The summed E-state index contributed by atoms with van der Waals surface area (Å²) in [6.07, 6.45) is -0.876. The Morgan fingerprint density at radius 3 is 2.14 bits per heavy atom. The molecule has 0 saturated heterocycles. The lowest BCUT2D eigenvalue weighted by Crippen LogP contribution is -2.44. The van der Waals surface area contributed by atoms with E-state index in [1.807, 2.05) is 0 Å². The van der Waals surface area contributed by atoms with Gasteiger partial charge in [-0.05, 0) is 72.7 Å². The van der Waals surface area contributed by atoms with Crippen molar-refractivity contribution in [2.45, 2.75) is 59.7 Å². The number of ether oxygens (including phenoxy) is 3. The molecule has 0 bridgehead atoms. The molecular formula is C25H27ClFN3O6. The Hall–Kier alpha value is -3.66. The first-order chi connectivity index (χ1) is 16.6. The molecule has 192 valence electrons. The van der Waals surface area contributed by atoms with Crippen LogP contribution < -0.4 is 15.2 Å². The Kier molecular flexibility index (Phi) is 7.31. The van der Waals surface area contributed by atoms with Gasteiger partial charge in [-0.3, -0.25) is 4.79 Å². The number of nitrogens with one attached hydrogen (secondary N) is 1. The second-order valence-electron chi connectivity index (χ2n) is 9.92. The van der Waals surface area contributed by atoms with Crippen LogP contribution in [0.5, 0.6) is 11.5 Å². The second-order valence-corrected chi connectivity index (χ2v) is 10.3. The van der Waals surface area contributed by atoms with E-state index in [2.05, 4.69) is 9.97 Å². The summed E-state index contributed by atoms with van der Waals surface area (Å²) in [5, 5.41) is -0.127. The Morgan fingerprint density at radius 1 is 1.00 bits per heavy atom. The van der Waals surface area contributed by atoms with E-state index < -0.39 is 40.5 Å². The van der Waals surface area contributed by atoms with Crippen LogP contribution in [-0.2, 0) is 9.47 Å². The first-order valence-electron chi connectivity index (χ1n) is 11.0. The number of hydrogen-bond donors (Lipinski definition) is 1. The summed E-state index contributed by atoms with van der Waals surface area (Å²) in [6, 6.07) is 5.17. The summed E-state index contributed by atoms with van der Waals surface area (Å²) in [5.41, 5.74) is -1.71. The number of aryl methyl sites for hydroxylation is 1. The number of carbonyl (C=O) groups is 2. The van der Waals surface area contributed by atoms with Gasteiger partial charge >= 0.3 is 12.2 Å². The molecule has 3 rings (SSSR count). The van der Waals surface area contributed by atoms with Crippen molar-refractivity contribution in [1.82, 2.24) is 9.97 Å². The minimum Gasteiger partial charge on any atom is -0.452 e. The Bertz CT molecular complexity index is 1360. The number of nitrogens with zero attached hydrogens (tertiary/aromatic N) is 2. The van der Waals surface area contributed by atoms with Gasteiger partial charge in [0.2, 0.25) is 0 Å². The summed E-state index contributed by atoms with van der Waals surface area (Å²) in [5.74, 6) is -1.20. The molecule has 0 aliphatic rings. The molecule has 0 unspecified atom stereocenters. The molecule has 2 amide bonds. The van der Waals surface area contributed by atoms with E-state index in [4.69, 9.17) is 25.8 Å². The average molecular weight is 520 g/mol. The molecule has 1 aromatic heterocycles. The van der Waals surface area contributed by atoms with Crippen LogP contribution in [0.1, 0.15) is 47.1 Å². The van der Waals surface area contributed by atoms with Gasteiger partial charge in [0, 0.05) is 5.56 Å². The molecule has 2 aromatic carbocycles. The van der Waals surface area contributed by atoms with Crippen LogP contribution in [0.3, 0.4) is 0 Å². The maximum absolute atomic E-state index is 14.9. The number of benzene rings is 2. The minimum atomic E-state index is -1.07. The van der Waals surface area contributed by atoms with Gasteiger partial charge in [-0.25, -0.2) is 19.0 Å². The number of H-pyrrole nitrogens is 1. The number of aromatic nitrogens is 2. The number of imide groups is 1. The van der Waals surface area contributed by atoms with Crippen molar-refractivity contribution in [1.29, 1.82) is 0 Å². The monoisotopic (exact) mass is 519 g/mol. The Morgan fingerprint density at radius 2 is 1.58 bits per heavy atom. The molecule has 3 aromatic rings. The maximum atomic E-state index is 14.9. The van der Waals surface area contributed by atoms with Crippen molar-refractivity contribution in [3.63, 3.8) is 0 Å². The summed E-state index contributed by atoms with van der Waals surface area (Å²) >= 11 is 6.49. The predicted molar refractivity (Wildman–Crippen MR) is 134 cm³/mol. The minimum absolute atomic E-state index is 0.125. The molecule has 1 N–H and O–H groups in total. The first-order valence-corrected chi connectivity index (χ1v) is 11.4. The van der Waals surface area contributed by atoms with E-state index in [0.29, 0.717) is 16.0 Å². The zero-order chi connectivity index (χ0) is 27.0. The number of halogens is 2. The quantitative estimate of drug-likeness (QED) is 0.420. The van der Waals surface area contributed by atoms with Crippen LogP contribution in [0.2, 0.25) is 5.02 Å². The van der Waals surface area contributed by atoms with E-state index in [1.165, 1.54) is 18.5 Å². The third-order valence-electron chi connectivity index (χ3n) is 4.65. The van der Waals surface area contributed by atoms with Crippen molar-refractivity contribution in [3.8, 4) is 11.5 Å². The first kappa shape index (κ1) is 26.9. The van der Waals surface area contributed by atoms with Crippen LogP contribution in [0, 0.1) is 12.7 Å². The zero-order valence-electron chi connectivity index (χ0n) is 21.0. The van der Waals surface area contributed by atoms with Crippen LogP contribution in [-0.4, -0.2) is 33.4 Å². The van der Waals surface area contributed by atoms with Crippen LogP contribution in [0.4, 0.5) is 19.7 Å². The molecule has 0 saturated carbocycles. The number of fused-ring (bicyclic) bond motifs is 1.